The number of aromatic nitrogens is 1. The van der Waals surface area contributed by atoms with Gasteiger partial charge in [0.05, 0.1) is 6.04 Å². The number of carbonyl (C=O) groups excluding carboxylic acids is 1. The number of rotatable bonds is 4. The molecule has 1 aromatic carbocycles. The van der Waals surface area contributed by atoms with E-state index >= 15 is 0 Å². The number of nitrogens with zero attached hydrogens (tertiary/aromatic N) is 2. The summed E-state index contributed by atoms with van der Waals surface area (Å²) in [6, 6.07) is 8.98. The molecule has 0 unspecified atom stereocenters. The molecule has 0 spiro atoms. The summed E-state index contributed by atoms with van der Waals surface area (Å²) in [7, 11) is 0. The van der Waals surface area contributed by atoms with Crippen molar-refractivity contribution in [1.82, 2.24) is 9.88 Å². The molecule has 0 radical (unpaired) electrons. The number of hydrogen-bond acceptors (Lipinski definition) is 2. The van der Waals surface area contributed by atoms with Crippen LogP contribution in [0.15, 0.2) is 30.3 Å². The van der Waals surface area contributed by atoms with Crippen molar-refractivity contribution in [3.8, 4) is 6.07 Å². The Morgan fingerprint density at radius 2 is 2.00 bits per heavy atom. The van der Waals surface area contributed by atoms with Gasteiger partial charge in [-0.25, -0.2) is 4.39 Å². The Kier molecular flexibility index (Phi) is 5.07. The Bertz CT molecular complexity index is 756. The Morgan fingerprint density at radius 3 is 2.57 bits per heavy atom. The standard InChI is InChI=1S/C17H17ClFN3O/c1-10(2)22-12(9-20)7-8-15(22)17(23)21-11(3)16-13(18)5-4-6-14(16)19/h4-8,10-11H,1-3H3,(H,21,23)/t11-/m0/s1. The fraction of sp³-hybridized carbons (Fsp3) is 0.294. The third kappa shape index (κ3) is 3.38. The van der Waals surface area contributed by atoms with Gasteiger partial charge in [-0.2, -0.15) is 5.26 Å². The predicted molar refractivity (Wildman–Crippen MR) is 86.8 cm³/mol. The normalized spacial score (nSPS) is 12.0. The molecule has 0 saturated carbocycles. The lowest BCUT2D eigenvalue weighted by Crippen LogP contribution is -2.30. The minimum atomic E-state index is -0.600. The predicted octanol–water partition coefficient (Wildman–Crippen LogP) is 4.22. The van der Waals surface area contributed by atoms with E-state index in [9.17, 15) is 9.18 Å². The number of halogens is 2. The molecule has 2 aromatic rings. The van der Waals surface area contributed by atoms with Gasteiger partial charge < -0.3 is 9.88 Å². The third-order valence-corrected chi connectivity index (χ3v) is 3.89. The molecule has 0 aliphatic heterocycles. The molecular weight excluding hydrogens is 317 g/mol. The largest absolute Gasteiger partial charge is 0.344 e. The van der Waals surface area contributed by atoms with Gasteiger partial charge in [-0.3, -0.25) is 4.79 Å². The van der Waals surface area contributed by atoms with Gasteiger partial charge in [0, 0.05) is 16.6 Å². The molecule has 6 heteroatoms. The Hall–Kier alpha value is -2.32. The first-order chi connectivity index (χ1) is 10.9. The van der Waals surface area contributed by atoms with Crippen LogP contribution in [0.4, 0.5) is 4.39 Å². The third-order valence-electron chi connectivity index (χ3n) is 3.56. The van der Waals surface area contributed by atoms with E-state index in [0.29, 0.717) is 11.4 Å². The molecule has 1 atom stereocenters. The maximum absolute atomic E-state index is 13.9. The highest BCUT2D eigenvalue weighted by atomic mass is 35.5. The highest BCUT2D eigenvalue weighted by Gasteiger charge is 2.21. The van der Waals surface area contributed by atoms with E-state index in [1.807, 2.05) is 13.8 Å². The van der Waals surface area contributed by atoms with Gasteiger partial charge in [-0.05, 0) is 45.0 Å². The maximum atomic E-state index is 13.9. The SMILES string of the molecule is CC(C)n1c(C#N)ccc1C(=O)N[C@@H](C)c1c(F)cccc1Cl. The number of benzene rings is 1. The van der Waals surface area contributed by atoms with Crippen LogP contribution in [0, 0.1) is 17.1 Å². The Morgan fingerprint density at radius 1 is 1.30 bits per heavy atom. The molecule has 2 rings (SSSR count). The van der Waals surface area contributed by atoms with Crippen LogP contribution in [0.3, 0.4) is 0 Å². The van der Waals surface area contributed by atoms with Gasteiger partial charge in [0.1, 0.15) is 23.3 Å². The minimum absolute atomic E-state index is 0.0484. The van der Waals surface area contributed by atoms with Crippen LogP contribution in [0.1, 0.15) is 54.6 Å². The zero-order valence-electron chi connectivity index (χ0n) is 13.1. The van der Waals surface area contributed by atoms with E-state index in [1.165, 1.54) is 12.1 Å². The lowest BCUT2D eigenvalue weighted by Gasteiger charge is -2.19. The van der Waals surface area contributed by atoms with Gasteiger partial charge in [0.25, 0.3) is 5.91 Å². The zero-order chi connectivity index (χ0) is 17.1. The second kappa shape index (κ2) is 6.84. The van der Waals surface area contributed by atoms with E-state index in [-0.39, 0.29) is 22.5 Å². The first kappa shape index (κ1) is 17.0. The second-order valence-corrected chi connectivity index (χ2v) is 5.92. The lowest BCUT2D eigenvalue weighted by molar-refractivity contribution is 0.0928. The van der Waals surface area contributed by atoms with Crippen LogP contribution in [-0.4, -0.2) is 10.5 Å². The first-order valence-corrected chi connectivity index (χ1v) is 7.60. The average molecular weight is 334 g/mol. The van der Waals surface area contributed by atoms with Crippen LogP contribution in [-0.2, 0) is 0 Å². The van der Waals surface area contributed by atoms with Gasteiger partial charge >= 0.3 is 0 Å². The van der Waals surface area contributed by atoms with Crippen LogP contribution < -0.4 is 5.32 Å². The molecule has 1 amide bonds. The lowest BCUT2D eigenvalue weighted by atomic mass is 10.1. The summed E-state index contributed by atoms with van der Waals surface area (Å²) >= 11 is 6.02. The highest BCUT2D eigenvalue weighted by molar-refractivity contribution is 6.31. The number of nitriles is 1. The summed E-state index contributed by atoms with van der Waals surface area (Å²) in [4.78, 5) is 12.5. The highest BCUT2D eigenvalue weighted by Crippen LogP contribution is 2.26. The fourth-order valence-electron chi connectivity index (χ4n) is 2.55. The monoisotopic (exact) mass is 333 g/mol. The molecule has 0 aliphatic rings. The summed E-state index contributed by atoms with van der Waals surface area (Å²) in [6.45, 7) is 5.43. The number of nitrogens with one attached hydrogen (secondary N) is 1. The van der Waals surface area contributed by atoms with Crippen molar-refractivity contribution in [3.05, 3.63) is 58.1 Å². The van der Waals surface area contributed by atoms with Crippen molar-refractivity contribution in [2.75, 3.05) is 0 Å². The number of hydrogen-bond donors (Lipinski definition) is 1. The molecule has 1 N–H and O–H groups in total. The summed E-state index contributed by atoms with van der Waals surface area (Å²) in [5.74, 6) is -0.853. The molecule has 4 nitrogen and oxygen atoms in total. The number of amides is 1. The molecule has 120 valence electrons. The minimum Gasteiger partial charge on any atom is -0.344 e. The average Bonchev–Trinajstić information content (AvgIpc) is 2.91. The van der Waals surface area contributed by atoms with Crippen molar-refractivity contribution in [2.45, 2.75) is 32.9 Å². The van der Waals surface area contributed by atoms with Gasteiger partial charge in [-0.15, -0.1) is 0 Å². The van der Waals surface area contributed by atoms with Crippen molar-refractivity contribution < 1.29 is 9.18 Å². The van der Waals surface area contributed by atoms with Crippen LogP contribution >= 0.6 is 11.6 Å². The Labute approximate surface area is 139 Å². The molecule has 1 heterocycles. The molecule has 0 saturated heterocycles. The van der Waals surface area contributed by atoms with Crippen LogP contribution in [0.2, 0.25) is 5.02 Å². The summed E-state index contributed by atoms with van der Waals surface area (Å²) in [5, 5.41) is 12.1. The van der Waals surface area contributed by atoms with Crippen LogP contribution in [0.5, 0.6) is 0 Å². The number of carbonyl (C=O) groups is 1. The van der Waals surface area contributed by atoms with E-state index in [0.717, 1.165) is 0 Å². The maximum Gasteiger partial charge on any atom is 0.268 e. The van der Waals surface area contributed by atoms with E-state index in [4.69, 9.17) is 16.9 Å². The zero-order valence-corrected chi connectivity index (χ0v) is 13.9. The molecule has 1 aromatic heterocycles. The summed E-state index contributed by atoms with van der Waals surface area (Å²) in [6.07, 6.45) is 0. The second-order valence-electron chi connectivity index (χ2n) is 5.51. The molecular formula is C17H17ClFN3O. The topological polar surface area (TPSA) is 57.8 Å². The Balaban J connectivity index is 2.30. The molecule has 0 bridgehead atoms. The molecule has 23 heavy (non-hydrogen) atoms. The van der Waals surface area contributed by atoms with Crippen molar-refractivity contribution in [1.29, 1.82) is 5.26 Å². The van der Waals surface area contributed by atoms with Gasteiger partial charge in [0.15, 0.2) is 0 Å². The van der Waals surface area contributed by atoms with Crippen molar-refractivity contribution in [2.24, 2.45) is 0 Å². The first-order valence-electron chi connectivity index (χ1n) is 7.23. The fourth-order valence-corrected chi connectivity index (χ4v) is 2.87. The summed E-state index contributed by atoms with van der Waals surface area (Å²) in [5.41, 5.74) is 1.00. The smallest absolute Gasteiger partial charge is 0.268 e. The van der Waals surface area contributed by atoms with E-state index in [1.54, 1.807) is 29.7 Å². The molecule has 0 aliphatic carbocycles. The van der Waals surface area contributed by atoms with Crippen LogP contribution in [0.25, 0.3) is 0 Å². The van der Waals surface area contributed by atoms with E-state index < -0.39 is 11.9 Å². The van der Waals surface area contributed by atoms with Gasteiger partial charge in [-0.1, -0.05) is 17.7 Å². The van der Waals surface area contributed by atoms with Crippen molar-refractivity contribution >= 4 is 17.5 Å². The molecule has 0 fully saturated rings. The summed E-state index contributed by atoms with van der Waals surface area (Å²) < 4.78 is 15.6. The van der Waals surface area contributed by atoms with Gasteiger partial charge in [0.2, 0.25) is 0 Å². The van der Waals surface area contributed by atoms with E-state index in [2.05, 4.69) is 11.4 Å². The van der Waals surface area contributed by atoms with Crippen molar-refractivity contribution in [3.63, 3.8) is 0 Å². The quantitative estimate of drug-likeness (QED) is 0.910.